The molecule has 0 fully saturated rings. The van der Waals surface area contributed by atoms with Crippen LogP contribution in [0.15, 0.2) is 18.3 Å². The van der Waals surface area contributed by atoms with Crippen LogP contribution in [0.3, 0.4) is 0 Å². The summed E-state index contributed by atoms with van der Waals surface area (Å²) >= 11 is 0. The SMILES string of the molecule is Cc1c(O)ccc2[nH]ncc12. The third-order valence-electron chi connectivity index (χ3n) is 1.86. The molecule has 11 heavy (non-hydrogen) atoms. The summed E-state index contributed by atoms with van der Waals surface area (Å²) in [5.41, 5.74) is 1.83. The first-order valence-electron chi connectivity index (χ1n) is 3.40. The van der Waals surface area contributed by atoms with Crippen molar-refractivity contribution in [2.75, 3.05) is 0 Å². The summed E-state index contributed by atoms with van der Waals surface area (Å²) in [6.07, 6.45) is 1.71. The van der Waals surface area contributed by atoms with Crippen LogP contribution in [0.2, 0.25) is 0 Å². The number of hydrogen-bond donors (Lipinski definition) is 2. The van der Waals surface area contributed by atoms with Crippen molar-refractivity contribution in [1.82, 2.24) is 10.2 Å². The van der Waals surface area contributed by atoms with Crippen molar-refractivity contribution in [3.05, 3.63) is 23.9 Å². The van der Waals surface area contributed by atoms with Gasteiger partial charge in [-0.2, -0.15) is 5.10 Å². The summed E-state index contributed by atoms with van der Waals surface area (Å²) in [7, 11) is 0. The Bertz CT molecular complexity index is 392. The first-order chi connectivity index (χ1) is 5.29. The second-order valence-corrected chi connectivity index (χ2v) is 2.54. The van der Waals surface area contributed by atoms with Gasteiger partial charge >= 0.3 is 0 Å². The predicted octanol–water partition coefficient (Wildman–Crippen LogP) is 1.58. The largest absolute Gasteiger partial charge is 0.508 e. The number of benzene rings is 1. The van der Waals surface area contributed by atoms with E-state index in [2.05, 4.69) is 10.2 Å². The lowest BCUT2D eigenvalue weighted by atomic mass is 10.1. The molecule has 0 aliphatic heterocycles. The molecule has 0 spiro atoms. The molecule has 2 aromatic rings. The van der Waals surface area contributed by atoms with Crippen LogP contribution in [0.4, 0.5) is 0 Å². The molecule has 0 radical (unpaired) electrons. The van der Waals surface area contributed by atoms with Crippen molar-refractivity contribution in [3.63, 3.8) is 0 Å². The van der Waals surface area contributed by atoms with E-state index in [1.807, 2.05) is 13.0 Å². The number of rotatable bonds is 0. The van der Waals surface area contributed by atoms with Crippen LogP contribution in [0.25, 0.3) is 10.9 Å². The fourth-order valence-corrected chi connectivity index (χ4v) is 1.15. The number of H-pyrrole nitrogens is 1. The second-order valence-electron chi connectivity index (χ2n) is 2.54. The monoisotopic (exact) mass is 148 g/mol. The topological polar surface area (TPSA) is 48.9 Å². The molecular weight excluding hydrogens is 140 g/mol. The minimum absolute atomic E-state index is 0.318. The number of fused-ring (bicyclic) bond motifs is 1. The summed E-state index contributed by atoms with van der Waals surface area (Å²) in [5.74, 6) is 0.318. The Morgan fingerprint density at radius 2 is 2.27 bits per heavy atom. The van der Waals surface area contributed by atoms with E-state index < -0.39 is 0 Å². The zero-order valence-corrected chi connectivity index (χ0v) is 6.13. The molecule has 3 nitrogen and oxygen atoms in total. The van der Waals surface area contributed by atoms with Crippen LogP contribution in [-0.2, 0) is 0 Å². The third kappa shape index (κ3) is 0.774. The normalized spacial score (nSPS) is 10.6. The van der Waals surface area contributed by atoms with E-state index in [0.29, 0.717) is 5.75 Å². The minimum Gasteiger partial charge on any atom is -0.508 e. The maximum atomic E-state index is 9.29. The molecule has 1 aromatic heterocycles. The number of nitrogens with one attached hydrogen (secondary N) is 1. The summed E-state index contributed by atoms with van der Waals surface area (Å²) in [6.45, 7) is 1.87. The Kier molecular flexibility index (Phi) is 1.12. The Hall–Kier alpha value is -1.51. The molecule has 56 valence electrons. The number of nitrogens with zero attached hydrogens (tertiary/aromatic N) is 1. The molecular formula is C8H8N2O. The molecule has 0 saturated carbocycles. The summed E-state index contributed by atoms with van der Waals surface area (Å²) in [6, 6.07) is 3.47. The van der Waals surface area contributed by atoms with E-state index in [-0.39, 0.29) is 0 Å². The van der Waals surface area contributed by atoms with Crippen LogP contribution >= 0.6 is 0 Å². The van der Waals surface area contributed by atoms with Gasteiger partial charge in [0, 0.05) is 10.9 Å². The molecule has 0 aliphatic carbocycles. The number of aromatic hydroxyl groups is 1. The summed E-state index contributed by atoms with van der Waals surface area (Å²) in [4.78, 5) is 0. The van der Waals surface area contributed by atoms with E-state index in [1.54, 1.807) is 12.3 Å². The van der Waals surface area contributed by atoms with E-state index in [1.165, 1.54) is 0 Å². The molecule has 3 heteroatoms. The lowest BCUT2D eigenvalue weighted by Crippen LogP contribution is -1.75. The van der Waals surface area contributed by atoms with Crippen molar-refractivity contribution in [2.24, 2.45) is 0 Å². The van der Waals surface area contributed by atoms with Gasteiger partial charge in [0.25, 0.3) is 0 Å². The van der Waals surface area contributed by atoms with Gasteiger partial charge in [-0.05, 0) is 19.1 Å². The second kappa shape index (κ2) is 1.99. The first kappa shape index (κ1) is 6.22. The van der Waals surface area contributed by atoms with Gasteiger partial charge in [-0.15, -0.1) is 0 Å². The van der Waals surface area contributed by atoms with E-state index >= 15 is 0 Å². The molecule has 0 amide bonds. The highest BCUT2D eigenvalue weighted by molar-refractivity contribution is 5.83. The van der Waals surface area contributed by atoms with Crippen LogP contribution in [0.1, 0.15) is 5.56 Å². The number of aryl methyl sites for hydroxylation is 1. The summed E-state index contributed by atoms with van der Waals surface area (Å²) < 4.78 is 0. The highest BCUT2D eigenvalue weighted by Gasteiger charge is 2.01. The highest BCUT2D eigenvalue weighted by atomic mass is 16.3. The molecule has 0 saturated heterocycles. The Morgan fingerprint density at radius 1 is 1.45 bits per heavy atom. The maximum Gasteiger partial charge on any atom is 0.119 e. The lowest BCUT2D eigenvalue weighted by molar-refractivity contribution is 0.472. The van der Waals surface area contributed by atoms with Gasteiger partial charge in [-0.25, -0.2) is 0 Å². The zero-order chi connectivity index (χ0) is 7.84. The number of phenolic OH excluding ortho intramolecular Hbond substituents is 1. The van der Waals surface area contributed by atoms with Crippen molar-refractivity contribution in [1.29, 1.82) is 0 Å². The first-order valence-corrected chi connectivity index (χ1v) is 3.40. The quantitative estimate of drug-likeness (QED) is 0.595. The minimum atomic E-state index is 0.318. The van der Waals surface area contributed by atoms with Gasteiger partial charge in [-0.1, -0.05) is 0 Å². The van der Waals surface area contributed by atoms with E-state index in [9.17, 15) is 5.11 Å². The molecule has 2 rings (SSSR count). The fraction of sp³-hybridized carbons (Fsp3) is 0.125. The number of aromatic amines is 1. The average molecular weight is 148 g/mol. The third-order valence-corrected chi connectivity index (χ3v) is 1.86. The predicted molar refractivity (Wildman–Crippen MR) is 42.5 cm³/mol. The Labute approximate surface area is 63.7 Å². The van der Waals surface area contributed by atoms with Gasteiger partial charge < -0.3 is 5.11 Å². The lowest BCUT2D eigenvalue weighted by Gasteiger charge is -1.97. The number of aromatic nitrogens is 2. The standard InChI is InChI=1S/C8H8N2O/c1-5-6-4-9-10-7(6)2-3-8(5)11/h2-4,11H,1H3,(H,9,10). The molecule has 0 bridgehead atoms. The van der Waals surface area contributed by atoms with E-state index in [4.69, 9.17) is 0 Å². The Morgan fingerprint density at radius 3 is 3.09 bits per heavy atom. The van der Waals surface area contributed by atoms with Crippen molar-refractivity contribution in [2.45, 2.75) is 6.92 Å². The molecule has 0 aliphatic rings. The molecule has 0 atom stereocenters. The van der Waals surface area contributed by atoms with Crippen LogP contribution < -0.4 is 0 Å². The molecule has 1 heterocycles. The van der Waals surface area contributed by atoms with Crippen LogP contribution in [-0.4, -0.2) is 15.3 Å². The fourth-order valence-electron chi connectivity index (χ4n) is 1.15. The van der Waals surface area contributed by atoms with Crippen LogP contribution in [0, 0.1) is 6.92 Å². The summed E-state index contributed by atoms with van der Waals surface area (Å²) in [5, 5.41) is 17.0. The van der Waals surface area contributed by atoms with Crippen molar-refractivity contribution in [3.8, 4) is 5.75 Å². The van der Waals surface area contributed by atoms with Gasteiger partial charge in [0.2, 0.25) is 0 Å². The smallest absolute Gasteiger partial charge is 0.119 e. The molecule has 2 N–H and O–H groups in total. The zero-order valence-electron chi connectivity index (χ0n) is 6.13. The van der Waals surface area contributed by atoms with E-state index in [0.717, 1.165) is 16.5 Å². The number of phenols is 1. The number of hydrogen-bond acceptors (Lipinski definition) is 2. The molecule has 0 unspecified atom stereocenters. The average Bonchev–Trinajstić information content (AvgIpc) is 2.45. The van der Waals surface area contributed by atoms with Gasteiger partial charge in [0.05, 0.1) is 11.7 Å². The van der Waals surface area contributed by atoms with Crippen molar-refractivity contribution < 1.29 is 5.11 Å². The highest BCUT2D eigenvalue weighted by Crippen LogP contribution is 2.23. The van der Waals surface area contributed by atoms with Gasteiger partial charge in [0.15, 0.2) is 0 Å². The van der Waals surface area contributed by atoms with Gasteiger partial charge in [-0.3, -0.25) is 5.10 Å². The Balaban J connectivity index is 2.93. The maximum absolute atomic E-state index is 9.29. The van der Waals surface area contributed by atoms with Crippen molar-refractivity contribution >= 4 is 10.9 Å². The van der Waals surface area contributed by atoms with Gasteiger partial charge in [0.1, 0.15) is 5.75 Å². The molecule has 1 aromatic carbocycles. The van der Waals surface area contributed by atoms with Crippen LogP contribution in [0.5, 0.6) is 5.75 Å².